The number of halogens is 1. The third-order valence-electron chi connectivity index (χ3n) is 5.62. The molecule has 1 aliphatic rings. The SMILES string of the molecule is O=C(NC1(C(=O)O)CCC1)c1ccc2ccccc2c1OCCc1cccc(F)c1. The number of carbonyl (C=O) groups is 2. The molecule has 0 aromatic heterocycles. The highest BCUT2D eigenvalue weighted by Gasteiger charge is 2.46. The average Bonchev–Trinajstić information content (AvgIpc) is 2.70. The van der Waals surface area contributed by atoms with Crippen LogP contribution in [0.2, 0.25) is 0 Å². The van der Waals surface area contributed by atoms with Crippen LogP contribution in [0.15, 0.2) is 60.7 Å². The molecular weight excluding hydrogens is 385 g/mol. The fourth-order valence-electron chi connectivity index (χ4n) is 3.75. The molecule has 154 valence electrons. The largest absolute Gasteiger partial charge is 0.492 e. The molecule has 1 saturated carbocycles. The number of carboxylic acid groups (broad SMARTS) is 1. The summed E-state index contributed by atoms with van der Waals surface area (Å²) < 4.78 is 19.4. The first kappa shape index (κ1) is 19.9. The third-order valence-corrected chi connectivity index (χ3v) is 5.62. The van der Waals surface area contributed by atoms with Crippen LogP contribution in [0, 0.1) is 5.82 Å². The van der Waals surface area contributed by atoms with Crippen molar-refractivity contribution >= 4 is 22.6 Å². The first-order chi connectivity index (χ1) is 14.5. The van der Waals surface area contributed by atoms with Crippen molar-refractivity contribution in [3.8, 4) is 5.75 Å². The maximum Gasteiger partial charge on any atom is 0.329 e. The molecule has 0 radical (unpaired) electrons. The summed E-state index contributed by atoms with van der Waals surface area (Å²) in [5.74, 6) is -1.39. The number of aliphatic carboxylic acids is 1. The van der Waals surface area contributed by atoms with E-state index < -0.39 is 17.4 Å². The monoisotopic (exact) mass is 407 g/mol. The lowest BCUT2D eigenvalue weighted by atomic mass is 9.76. The average molecular weight is 407 g/mol. The molecule has 1 amide bonds. The number of amides is 1. The highest BCUT2D eigenvalue weighted by atomic mass is 19.1. The summed E-state index contributed by atoms with van der Waals surface area (Å²) in [5, 5.41) is 13.9. The van der Waals surface area contributed by atoms with Gasteiger partial charge in [0, 0.05) is 11.8 Å². The van der Waals surface area contributed by atoms with Gasteiger partial charge in [-0.15, -0.1) is 0 Å². The summed E-state index contributed by atoms with van der Waals surface area (Å²) in [6.07, 6.45) is 2.07. The van der Waals surface area contributed by atoms with Crippen LogP contribution in [-0.2, 0) is 11.2 Å². The van der Waals surface area contributed by atoms with Crippen LogP contribution in [0.25, 0.3) is 10.8 Å². The molecule has 0 spiro atoms. The summed E-state index contributed by atoms with van der Waals surface area (Å²) in [7, 11) is 0. The Labute approximate surface area is 173 Å². The number of ether oxygens (including phenoxy) is 1. The zero-order valence-electron chi connectivity index (χ0n) is 16.4. The van der Waals surface area contributed by atoms with Crippen molar-refractivity contribution in [2.24, 2.45) is 0 Å². The highest BCUT2D eigenvalue weighted by Crippen LogP contribution is 2.34. The quantitative estimate of drug-likeness (QED) is 0.611. The van der Waals surface area contributed by atoms with E-state index in [0.29, 0.717) is 30.6 Å². The van der Waals surface area contributed by atoms with Crippen molar-refractivity contribution in [3.63, 3.8) is 0 Å². The zero-order valence-corrected chi connectivity index (χ0v) is 16.4. The summed E-state index contributed by atoms with van der Waals surface area (Å²) in [5.41, 5.74) is -0.123. The van der Waals surface area contributed by atoms with Gasteiger partial charge in [-0.05, 0) is 48.4 Å². The van der Waals surface area contributed by atoms with E-state index in [4.69, 9.17) is 4.74 Å². The van der Waals surface area contributed by atoms with Crippen LogP contribution in [0.1, 0.15) is 35.2 Å². The number of rotatable bonds is 7. The van der Waals surface area contributed by atoms with E-state index in [1.165, 1.54) is 12.1 Å². The van der Waals surface area contributed by atoms with Gasteiger partial charge in [-0.1, -0.05) is 42.5 Å². The van der Waals surface area contributed by atoms with E-state index in [9.17, 15) is 19.1 Å². The lowest BCUT2D eigenvalue weighted by Crippen LogP contribution is -2.59. The Bertz CT molecular complexity index is 1110. The molecule has 0 saturated heterocycles. The Kier molecular flexibility index (Phi) is 5.40. The Hall–Kier alpha value is -3.41. The molecule has 2 N–H and O–H groups in total. The van der Waals surface area contributed by atoms with Crippen molar-refractivity contribution in [2.45, 2.75) is 31.2 Å². The number of nitrogens with one attached hydrogen (secondary N) is 1. The molecule has 1 fully saturated rings. The molecule has 0 bridgehead atoms. The van der Waals surface area contributed by atoms with Gasteiger partial charge in [0.15, 0.2) is 0 Å². The third kappa shape index (κ3) is 3.85. The van der Waals surface area contributed by atoms with Crippen LogP contribution in [0.3, 0.4) is 0 Å². The topological polar surface area (TPSA) is 75.6 Å². The summed E-state index contributed by atoms with van der Waals surface area (Å²) >= 11 is 0. The van der Waals surface area contributed by atoms with E-state index >= 15 is 0 Å². The first-order valence-electron chi connectivity index (χ1n) is 9.93. The Balaban J connectivity index is 1.61. The van der Waals surface area contributed by atoms with Crippen LogP contribution in [0.5, 0.6) is 5.75 Å². The summed E-state index contributed by atoms with van der Waals surface area (Å²) in [6, 6.07) is 17.3. The number of hydrogen-bond donors (Lipinski definition) is 2. The Morgan fingerprint density at radius 2 is 1.87 bits per heavy atom. The fourth-order valence-corrected chi connectivity index (χ4v) is 3.75. The second-order valence-electron chi connectivity index (χ2n) is 7.59. The molecule has 3 aromatic rings. The van der Waals surface area contributed by atoms with Gasteiger partial charge in [0.25, 0.3) is 5.91 Å². The van der Waals surface area contributed by atoms with Crippen molar-refractivity contribution in [1.82, 2.24) is 5.32 Å². The maximum absolute atomic E-state index is 13.4. The number of hydrogen-bond acceptors (Lipinski definition) is 3. The number of fused-ring (bicyclic) bond motifs is 1. The van der Waals surface area contributed by atoms with Crippen molar-refractivity contribution in [1.29, 1.82) is 0 Å². The van der Waals surface area contributed by atoms with E-state index in [1.54, 1.807) is 12.1 Å². The van der Waals surface area contributed by atoms with Crippen LogP contribution < -0.4 is 10.1 Å². The zero-order chi connectivity index (χ0) is 21.1. The van der Waals surface area contributed by atoms with Gasteiger partial charge in [0.05, 0.1) is 12.2 Å². The number of benzene rings is 3. The van der Waals surface area contributed by atoms with E-state index in [1.807, 2.05) is 36.4 Å². The maximum atomic E-state index is 13.4. The normalized spacial score (nSPS) is 14.7. The molecular formula is C24H22FNO4. The van der Waals surface area contributed by atoms with Crippen LogP contribution in [0.4, 0.5) is 4.39 Å². The molecule has 0 unspecified atom stereocenters. The first-order valence-corrected chi connectivity index (χ1v) is 9.93. The van der Waals surface area contributed by atoms with Gasteiger partial charge >= 0.3 is 5.97 Å². The van der Waals surface area contributed by atoms with Crippen molar-refractivity contribution < 1.29 is 23.8 Å². The predicted molar refractivity (Wildman–Crippen MR) is 111 cm³/mol. The van der Waals surface area contributed by atoms with Gasteiger partial charge in [-0.2, -0.15) is 0 Å². The molecule has 6 heteroatoms. The molecule has 5 nitrogen and oxygen atoms in total. The molecule has 0 aliphatic heterocycles. The second kappa shape index (κ2) is 8.14. The molecule has 4 rings (SSSR count). The van der Waals surface area contributed by atoms with Gasteiger partial charge < -0.3 is 15.2 Å². The standard InChI is InChI=1S/C24H22FNO4/c25-18-7-3-5-16(15-18)11-14-30-21-19-8-2-1-6-17(19)9-10-20(21)22(27)26-24(23(28)29)12-4-13-24/h1-3,5-10,15H,4,11-14H2,(H,26,27)(H,28,29). The van der Waals surface area contributed by atoms with E-state index in [0.717, 1.165) is 22.8 Å². The molecule has 0 heterocycles. The minimum Gasteiger partial charge on any atom is -0.492 e. The predicted octanol–water partition coefficient (Wildman–Crippen LogP) is 4.34. The van der Waals surface area contributed by atoms with Gasteiger partial charge in [0.2, 0.25) is 0 Å². The summed E-state index contributed by atoms with van der Waals surface area (Å²) in [6.45, 7) is 0.252. The van der Waals surface area contributed by atoms with Gasteiger partial charge in [-0.3, -0.25) is 4.79 Å². The lowest BCUT2D eigenvalue weighted by Gasteiger charge is -2.38. The minimum absolute atomic E-state index is 0.252. The summed E-state index contributed by atoms with van der Waals surface area (Å²) in [4.78, 5) is 24.6. The highest BCUT2D eigenvalue weighted by molar-refractivity contribution is 6.05. The number of carbonyl (C=O) groups excluding carboxylic acids is 1. The minimum atomic E-state index is -1.21. The smallest absolute Gasteiger partial charge is 0.329 e. The molecule has 1 aliphatic carbocycles. The molecule has 3 aromatic carbocycles. The second-order valence-corrected chi connectivity index (χ2v) is 7.59. The Morgan fingerprint density at radius 1 is 1.07 bits per heavy atom. The van der Waals surface area contributed by atoms with Crippen molar-refractivity contribution in [2.75, 3.05) is 6.61 Å². The molecule has 0 atom stereocenters. The fraction of sp³-hybridized carbons (Fsp3) is 0.250. The van der Waals surface area contributed by atoms with Gasteiger partial charge in [-0.25, -0.2) is 9.18 Å². The van der Waals surface area contributed by atoms with E-state index in [-0.39, 0.29) is 12.4 Å². The lowest BCUT2D eigenvalue weighted by molar-refractivity contribution is -0.148. The van der Waals surface area contributed by atoms with Crippen LogP contribution >= 0.6 is 0 Å². The van der Waals surface area contributed by atoms with Crippen LogP contribution in [-0.4, -0.2) is 29.1 Å². The Morgan fingerprint density at radius 3 is 2.57 bits per heavy atom. The van der Waals surface area contributed by atoms with E-state index in [2.05, 4.69) is 5.32 Å². The van der Waals surface area contributed by atoms with Crippen molar-refractivity contribution in [3.05, 3.63) is 77.6 Å². The molecule has 30 heavy (non-hydrogen) atoms. The number of carboxylic acids is 1. The van der Waals surface area contributed by atoms with Gasteiger partial charge in [0.1, 0.15) is 17.1 Å².